The molecule has 9 heteroatoms. The Kier molecular flexibility index (Phi) is 3.87. The maximum absolute atomic E-state index is 12.6. The number of H-pyrrole nitrogens is 1. The van der Waals surface area contributed by atoms with Crippen LogP contribution in [-0.2, 0) is 10.0 Å². The molecule has 2 N–H and O–H groups in total. The summed E-state index contributed by atoms with van der Waals surface area (Å²) >= 11 is 5.90. The monoisotopic (exact) mass is 352 g/mol. The van der Waals surface area contributed by atoms with Gasteiger partial charge >= 0.3 is 0 Å². The third kappa shape index (κ3) is 2.95. The lowest BCUT2D eigenvalue weighted by Crippen LogP contribution is -2.15. The largest absolute Gasteiger partial charge is 0.481 e. The Morgan fingerprint density at radius 1 is 1.35 bits per heavy atom. The van der Waals surface area contributed by atoms with Crippen molar-refractivity contribution in [2.75, 3.05) is 11.8 Å². The van der Waals surface area contributed by atoms with E-state index in [1.54, 1.807) is 25.1 Å². The molecule has 0 amide bonds. The summed E-state index contributed by atoms with van der Waals surface area (Å²) in [6, 6.07) is 4.92. The van der Waals surface area contributed by atoms with E-state index < -0.39 is 10.0 Å². The Morgan fingerprint density at radius 3 is 2.87 bits per heavy atom. The van der Waals surface area contributed by atoms with Crippen molar-refractivity contribution in [3.8, 4) is 5.88 Å². The van der Waals surface area contributed by atoms with Gasteiger partial charge in [-0.05, 0) is 25.1 Å². The van der Waals surface area contributed by atoms with Gasteiger partial charge in [0.1, 0.15) is 4.90 Å². The number of ether oxygens (including phenoxy) is 1. The van der Waals surface area contributed by atoms with Crippen LogP contribution in [0.3, 0.4) is 0 Å². The van der Waals surface area contributed by atoms with Crippen LogP contribution in [0.25, 0.3) is 10.9 Å². The number of aromatic nitrogens is 3. The molecule has 0 aliphatic carbocycles. The first kappa shape index (κ1) is 15.6. The summed E-state index contributed by atoms with van der Waals surface area (Å²) in [7, 11) is -2.40. The highest BCUT2D eigenvalue weighted by atomic mass is 35.5. The normalized spacial score (nSPS) is 11.6. The number of benzene rings is 1. The summed E-state index contributed by atoms with van der Waals surface area (Å²) in [5.41, 5.74) is 1.33. The molecule has 7 nitrogen and oxygen atoms in total. The first-order chi connectivity index (χ1) is 10.9. The van der Waals surface area contributed by atoms with Crippen molar-refractivity contribution < 1.29 is 13.2 Å². The number of halogens is 1. The Hall–Kier alpha value is -2.32. The number of anilines is 1. The first-order valence-corrected chi connectivity index (χ1v) is 8.44. The van der Waals surface area contributed by atoms with E-state index in [0.29, 0.717) is 27.4 Å². The number of rotatable bonds is 4. The van der Waals surface area contributed by atoms with Crippen LogP contribution in [0.4, 0.5) is 5.95 Å². The fourth-order valence-corrected chi connectivity index (χ4v) is 3.45. The van der Waals surface area contributed by atoms with E-state index in [0.717, 1.165) is 0 Å². The maximum atomic E-state index is 12.6. The zero-order valence-electron chi connectivity index (χ0n) is 12.3. The Bertz CT molecular complexity index is 985. The maximum Gasteiger partial charge on any atom is 0.266 e. The topological polar surface area (TPSA) is 97.0 Å². The second kappa shape index (κ2) is 5.71. The van der Waals surface area contributed by atoms with E-state index in [1.807, 2.05) is 0 Å². The Morgan fingerprint density at radius 2 is 2.13 bits per heavy atom. The Balaban J connectivity index is 2.01. The highest BCUT2D eigenvalue weighted by Crippen LogP contribution is 2.26. The van der Waals surface area contributed by atoms with Gasteiger partial charge in [-0.3, -0.25) is 0 Å². The van der Waals surface area contributed by atoms with E-state index in [9.17, 15) is 8.42 Å². The summed E-state index contributed by atoms with van der Waals surface area (Å²) in [6.45, 7) is 1.76. The smallest absolute Gasteiger partial charge is 0.266 e. The van der Waals surface area contributed by atoms with Crippen LogP contribution in [0.2, 0.25) is 5.02 Å². The Labute approximate surface area is 137 Å². The molecule has 3 aromatic rings. The fraction of sp³-hybridized carbons (Fsp3) is 0.143. The molecular weight excluding hydrogens is 340 g/mol. The number of nitrogens with one attached hydrogen (secondary N) is 2. The lowest BCUT2D eigenvalue weighted by atomic mass is 10.2. The number of methoxy groups -OCH3 is 1. The molecule has 0 saturated carbocycles. The predicted octanol–water partition coefficient (Wildman–Crippen LogP) is 2.73. The van der Waals surface area contributed by atoms with Crippen molar-refractivity contribution >= 4 is 38.5 Å². The fourth-order valence-electron chi connectivity index (χ4n) is 2.15. The molecule has 0 saturated heterocycles. The van der Waals surface area contributed by atoms with Crippen molar-refractivity contribution in [2.24, 2.45) is 0 Å². The van der Waals surface area contributed by atoms with Gasteiger partial charge < -0.3 is 9.72 Å². The number of sulfonamides is 1. The van der Waals surface area contributed by atoms with Crippen LogP contribution < -0.4 is 9.46 Å². The van der Waals surface area contributed by atoms with Gasteiger partial charge in [0.25, 0.3) is 10.0 Å². The van der Waals surface area contributed by atoms with Crippen LogP contribution in [0.15, 0.2) is 35.5 Å². The number of hydrogen-bond donors (Lipinski definition) is 2. The van der Waals surface area contributed by atoms with Gasteiger partial charge in [-0.2, -0.15) is 4.98 Å². The third-order valence-electron chi connectivity index (χ3n) is 3.24. The number of aromatic amines is 1. The van der Waals surface area contributed by atoms with Crippen LogP contribution in [0, 0.1) is 6.92 Å². The molecule has 0 atom stereocenters. The lowest BCUT2D eigenvalue weighted by molar-refractivity contribution is 0.394. The highest BCUT2D eigenvalue weighted by Gasteiger charge is 2.21. The van der Waals surface area contributed by atoms with Gasteiger partial charge in [-0.1, -0.05) is 11.6 Å². The van der Waals surface area contributed by atoms with Crippen molar-refractivity contribution in [3.63, 3.8) is 0 Å². The molecule has 0 aliphatic heterocycles. The summed E-state index contributed by atoms with van der Waals surface area (Å²) in [4.78, 5) is 11.0. The predicted molar refractivity (Wildman–Crippen MR) is 87.4 cm³/mol. The van der Waals surface area contributed by atoms with Crippen LogP contribution >= 0.6 is 11.6 Å². The van der Waals surface area contributed by atoms with Gasteiger partial charge in [0.2, 0.25) is 11.8 Å². The minimum absolute atomic E-state index is 0.0595. The summed E-state index contributed by atoms with van der Waals surface area (Å²) in [6.07, 6.45) is 2.88. The zero-order chi connectivity index (χ0) is 16.6. The second-order valence-electron chi connectivity index (χ2n) is 4.83. The van der Waals surface area contributed by atoms with Gasteiger partial charge in [0.15, 0.2) is 0 Å². The van der Waals surface area contributed by atoms with Gasteiger partial charge in [0.05, 0.1) is 7.11 Å². The number of aryl methyl sites for hydroxylation is 1. The minimum Gasteiger partial charge on any atom is -0.481 e. The van der Waals surface area contributed by atoms with E-state index in [1.165, 1.54) is 19.5 Å². The molecule has 2 heterocycles. The molecule has 0 radical (unpaired) electrons. The number of nitrogens with zero attached hydrogens (tertiary/aromatic N) is 2. The average molecular weight is 353 g/mol. The lowest BCUT2D eigenvalue weighted by Gasteiger charge is -2.08. The molecule has 23 heavy (non-hydrogen) atoms. The molecule has 120 valence electrons. The SMILES string of the molecule is COc1nc(NS(=O)(=O)c2c[nH]c3cc(Cl)ccc23)ncc1C. The molecule has 0 aliphatic rings. The van der Waals surface area contributed by atoms with Gasteiger partial charge in [0, 0.05) is 33.9 Å². The standard InChI is InChI=1S/C14H13ClN4O3S/c1-8-6-17-14(18-13(8)22-2)19-23(20,21)12-7-16-11-5-9(15)3-4-10(11)12/h3-7,16H,1-2H3,(H,17,18,19). The van der Waals surface area contributed by atoms with Gasteiger partial charge in [-0.25, -0.2) is 18.1 Å². The second-order valence-corrected chi connectivity index (χ2v) is 6.92. The molecule has 2 aromatic heterocycles. The van der Waals surface area contributed by atoms with E-state index in [2.05, 4.69) is 19.7 Å². The quantitative estimate of drug-likeness (QED) is 0.752. The van der Waals surface area contributed by atoms with Crippen molar-refractivity contribution in [2.45, 2.75) is 11.8 Å². The molecule has 1 aromatic carbocycles. The van der Waals surface area contributed by atoms with E-state index in [-0.39, 0.29) is 10.8 Å². The zero-order valence-corrected chi connectivity index (χ0v) is 13.9. The molecule has 3 rings (SSSR count). The summed E-state index contributed by atoms with van der Waals surface area (Å²) in [5.74, 6) is 0.249. The van der Waals surface area contributed by atoms with E-state index in [4.69, 9.17) is 16.3 Å². The van der Waals surface area contributed by atoms with Crippen LogP contribution in [-0.4, -0.2) is 30.5 Å². The van der Waals surface area contributed by atoms with Crippen molar-refractivity contribution in [1.29, 1.82) is 0 Å². The molecule has 0 bridgehead atoms. The number of hydrogen-bond acceptors (Lipinski definition) is 5. The molecule has 0 unspecified atom stereocenters. The van der Waals surface area contributed by atoms with Crippen LogP contribution in [0.5, 0.6) is 5.88 Å². The molecular formula is C14H13ClN4O3S. The molecule has 0 spiro atoms. The molecule has 0 fully saturated rings. The summed E-state index contributed by atoms with van der Waals surface area (Å²) in [5, 5.41) is 1.05. The van der Waals surface area contributed by atoms with E-state index >= 15 is 0 Å². The number of fused-ring (bicyclic) bond motifs is 1. The van der Waals surface area contributed by atoms with Crippen molar-refractivity contribution in [3.05, 3.63) is 41.2 Å². The van der Waals surface area contributed by atoms with Crippen LogP contribution in [0.1, 0.15) is 5.56 Å². The average Bonchev–Trinajstić information content (AvgIpc) is 2.92. The minimum atomic E-state index is -3.85. The highest BCUT2D eigenvalue weighted by molar-refractivity contribution is 7.93. The van der Waals surface area contributed by atoms with Gasteiger partial charge in [-0.15, -0.1) is 0 Å². The first-order valence-electron chi connectivity index (χ1n) is 6.58. The van der Waals surface area contributed by atoms with Crippen molar-refractivity contribution in [1.82, 2.24) is 15.0 Å². The summed E-state index contributed by atoms with van der Waals surface area (Å²) < 4.78 is 32.5. The third-order valence-corrected chi connectivity index (χ3v) is 4.84.